The van der Waals surface area contributed by atoms with Crippen LogP contribution in [0.5, 0.6) is 0 Å². The zero-order valence-corrected chi connectivity index (χ0v) is 28.8. The van der Waals surface area contributed by atoms with Crippen molar-refractivity contribution in [2.24, 2.45) is 46.3 Å². The number of aliphatic hydroxyl groups excluding tert-OH is 1. The molecule has 6 rings (SSSR count). The summed E-state index contributed by atoms with van der Waals surface area (Å²) in [6, 6.07) is 0. The highest BCUT2D eigenvalue weighted by Gasteiger charge is 2.67. The van der Waals surface area contributed by atoms with E-state index < -0.39 is 0 Å². The molecule has 4 nitrogen and oxygen atoms in total. The summed E-state index contributed by atoms with van der Waals surface area (Å²) in [5, 5.41) is 10.3. The minimum Gasteiger partial charge on any atom is -0.393 e. The Morgan fingerprint density at radius 1 is 0.951 bits per heavy atom. The number of nitrogens with zero attached hydrogens (tertiary/aromatic N) is 1. The van der Waals surface area contributed by atoms with E-state index in [4.69, 9.17) is 44.3 Å². The smallest absolute Gasteiger partial charge is 0.171 e. The van der Waals surface area contributed by atoms with Crippen molar-refractivity contribution >= 4 is 47.2 Å². The normalized spacial score (nSPS) is 46.4. The summed E-state index contributed by atoms with van der Waals surface area (Å²) in [7, 11) is 0. The summed E-state index contributed by atoms with van der Waals surface area (Å²) in [5.74, 6) is 5.62. The number of rotatable bonds is 6. The van der Waals surface area contributed by atoms with Crippen LogP contribution < -0.4 is 0 Å². The molecule has 0 aromatic carbocycles. The van der Waals surface area contributed by atoms with E-state index in [0.717, 1.165) is 57.3 Å². The zero-order valence-electron chi connectivity index (χ0n) is 25.8. The van der Waals surface area contributed by atoms with Gasteiger partial charge in [0.15, 0.2) is 5.79 Å². The molecule has 1 spiro atoms. The van der Waals surface area contributed by atoms with Crippen molar-refractivity contribution in [1.29, 1.82) is 0 Å². The summed E-state index contributed by atoms with van der Waals surface area (Å²) in [4.78, 5) is 2.15. The number of ether oxygens (including phenoxy) is 2. The molecular formula is C33H55Cl4NO3. The number of halogens is 4. The predicted octanol–water partition coefficient (Wildman–Crippen LogP) is 8.14. The van der Waals surface area contributed by atoms with Gasteiger partial charge in [-0.25, -0.2) is 0 Å². The maximum atomic E-state index is 10.3. The number of hydrogen-bond acceptors (Lipinski definition) is 4. The first-order chi connectivity index (χ1) is 19.1. The van der Waals surface area contributed by atoms with Gasteiger partial charge in [-0.3, -0.25) is 4.90 Å². The lowest BCUT2D eigenvalue weighted by atomic mass is 9.48. The highest BCUT2D eigenvalue weighted by Crippen LogP contribution is 2.69. The third kappa shape index (κ3) is 6.40. The largest absolute Gasteiger partial charge is 0.393 e. The van der Waals surface area contributed by atoms with Crippen LogP contribution in [0.15, 0.2) is 11.6 Å². The minimum atomic E-state index is -0.303. The van der Waals surface area contributed by atoms with Crippen LogP contribution in [0, 0.1) is 46.3 Å². The van der Waals surface area contributed by atoms with Crippen LogP contribution >= 0.6 is 47.2 Å². The van der Waals surface area contributed by atoms with Crippen molar-refractivity contribution in [2.45, 2.75) is 103 Å². The van der Waals surface area contributed by atoms with Gasteiger partial charge in [-0.1, -0.05) is 39.3 Å². The number of allylic oxidation sites excluding steroid dienone is 2. The van der Waals surface area contributed by atoms with Crippen LogP contribution in [0.25, 0.3) is 0 Å². The van der Waals surface area contributed by atoms with Gasteiger partial charge in [0, 0.05) is 49.6 Å². The topological polar surface area (TPSA) is 41.9 Å². The van der Waals surface area contributed by atoms with Crippen LogP contribution in [0.4, 0.5) is 0 Å². The molecule has 1 N–H and O–H groups in total. The molecule has 2 saturated heterocycles. The summed E-state index contributed by atoms with van der Waals surface area (Å²) >= 11 is 16.6. The summed E-state index contributed by atoms with van der Waals surface area (Å²) in [5.41, 5.74) is 2.46. The quantitative estimate of drug-likeness (QED) is 0.232. The van der Waals surface area contributed by atoms with E-state index in [9.17, 15) is 5.11 Å². The van der Waals surface area contributed by atoms with Crippen molar-refractivity contribution in [3.63, 3.8) is 0 Å². The van der Waals surface area contributed by atoms with E-state index in [1.807, 2.05) is 0 Å². The first-order valence-electron chi connectivity index (χ1n) is 16.2. The third-order valence-corrected chi connectivity index (χ3v) is 13.0. The van der Waals surface area contributed by atoms with Gasteiger partial charge in [0.1, 0.15) is 0 Å². The van der Waals surface area contributed by atoms with Gasteiger partial charge in [-0.2, -0.15) is 0 Å². The molecule has 4 aliphatic carbocycles. The van der Waals surface area contributed by atoms with Crippen molar-refractivity contribution in [3.8, 4) is 0 Å². The van der Waals surface area contributed by atoms with E-state index in [1.54, 1.807) is 5.57 Å². The SMILES string of the molecule is CC1CCC2(OC1)OC1CC3C4CCC5CC(O)CCC5(C)C4=CCC3(C)C1C2C.Cl.ClCCN(CCCl)CCCl. The molecule has 11 atom stereocenters. The van der Waals surface area contributed by atoms with Crippen LogP contribution in [-0.2, 0) is 9.47 Å². The van der Waals surface area contributed by atoms with Gasteiger partial charge in [-0.15, -0.1) is 47.2 Å². The number of hydrogen-bond donors (Lipinski definition) is 1. The van der Waals surface area contributed by atoms with E-state index in [0.29, 0.717) is 58.2 Å². The average molecular weight is 656 g/mol. The molecule has 6 aliphatic rings. The maximum absolute atomic E-state index is 10.3. The standard InChI is InChI=1S/C27H42O3.C6H12Cl3N.ClH/c1-16-7-12-27(29-15-16)17(2)24-23(30-27)14-22-20-6-5-18-13-19(28)8-10-25(18,3)21(20)9-11-26(22,24)4;7-1-4-10(5-2-8)6-3-9;/h9,16-20,22-24,28H,5-8,10-15H2,1-4H3;1-6H2;1H. The van der Waals surface area contributed by atoms with Crippen LogP contribution in [-0.4, -0.2) is 71.9 Å². The molecule has 5 fully saturated rings. The Kier molecular flexibility index (Phi) is 11.8. The molecule has 0 radical (unpaired) electrons. The Balaban J connectivity index is 0.000000306. The van der Waals surface area contributed by atoms with Crippen LogP contribution in [0.1, 0.15) is 85.5 Å². The zero-order chi connectivity index (χ0) is 28.7. The lowest BCUT2D eigenvalue weighted by molar-refractivity contribution is -0.272. The summed E-state index contributed by atoms with van der Waals surface area (Å²) in [6.07, 6.45) is 13.6. The van der Waals surface area contributed by atoms with Gasteiger partial charge >= 0.3 is 0 Å². The molecule has 8 heteroatoms. The van der Waals surface area contributed by atoms with Crippen molar-refractivity contribution in [2.75, 3.05) is 43.9 Å². The lowest BCUT2D eigenvalue weighted by Gasteiger charge is -2.57. The molecule has 0 aromatic rings. The Morgan fingerprint density at radius 2 is 1.63 bits per heavy atom. The number of fused-ring (bicyclic) bond motifs is 7. The van der Waals surface area contributed by atoms with Crippen LogP contribution in [0.2, 0.25) is 0 Å². The molecule has 41 heavy (non-hydrogen) atoms. The molecule has 3 saturated carbocycles. The molecule has 238 valence electrons. The minimum absolute atomic E-state index is 0. The Bertz CT molecular complexity index is 883. The fourth-order valence-corrected chi connectivity index (χ4v) is 10.9. The summed E-state index contributed by atoms with van der Waals surface area (Å²) < 4.78 is 13.3. The lowest BCUT2D eigenvalue weighted by Crippen LogP contribution is -2.50. The average Bonchev–Trinajstić information content (AvgIpc) is 3.37. The Labute approximate surface area is 271 Å². The molecule has 2 aliphatic heterocycles. The molecule has 11 unspecified atom stereocenters. The van der Waals surface area contributed by atoms with Gasteiger partial charge in [0.25, 0.3) is 0 Å². The Morgan fingerprint density at radius 3 is 2.24 bits per heavy atom. The highest BCUT2D eigenvalue weighted by atomic mass is 35.5. The fraction of sp³-hybridized carbons (Fsp3) is 0.939. The van der Waals surface area contributed by atoms with Gasteiger partial charge in [0.05, 0.1) is 18.8 Å². The van der Waals surface area contributed by atoms with E-state index in [1.165, 1.54) is 38.5 Å². The van der Waals surface area contributed by atoms with E-state index in [-0.39, 0.29) is 24.3 Å². The van der Waals surface area contributed by atoms with E-state index >= 15 is 0 Å². The maximum Gasteiger partial charge on any atom is 0.171 e. The first-order valence-corrected chi connectivity index (χ1v) is 17.8. The van der Waals surface area contributed by atoms with Gasteiger partial charge < -0.3 is 14.6 Å². The van der Waals surface area contributed by atoms with Crippen molar-refractivity contribution in [3.05, 3.63) is 11.6 Å². The number of alkyl halides is 3. The molecule has 0 amide bonds. The second-order valence-corrected chi connectivity index (χ2v) is 15.7. The fourth-order valence-electron chi connectivity index (χ4n) is 10.2. The monoisotopic (exact) mass is 653 g/mol. The van der Waals surface area contributed by atoms with Crippen LogP contribution in [0.3, 0.4) is 0 Å². The van der Waals surface area contributed by atoms with Gasteiger partial charge in [-0.05, 0) is 91.8 Å². The van der Waals surface area contributed by atoms with Crippen molar-refractivity contribution < 1.29 is 14.6 Å². The predicted molar refractivity (Wildman–Crippen MR) is 174 cm³/mol. The second kappa shape index (κ2) is 14.0. The number of aliphatic hydroxyl groups is 1. The van der Waals surface area contributed by atoms with Crippen molar-refractivity contribution in [1.82, 2.24) is 4.90 Å². The van der Waals surface area contributed by atoms with E-state index in [2.05, 4.69) is 38.7 Å². The molecule has 2 heterocycles. The van der Waals surface area contributed by atoms with Gasteiger partial charge in [0.2, 0.25) is 0 Å². The molecule has 0 aromatic heterocycles. The molecule has 0 bridgehead atoms. The molecular weight excluding hydrogens is 600 g/mol. The highest BCUT2D eigenvalue weighted by molar-refractivity contribution is 6.18. The Hall–Kier alpha value is 0.740. The first kappa shape index (κ1) is 34.6. The summed E-state index contributed by atoms with van der Waals surface area (Å²) in [6.45, 7) is 13.4. The second-order valence-electron chi connectivity index (χ2n) is 14.6. The third-order valence-electron chi connectivity index (χ3n) is 12.5.